The first-order valence-corrected chi connectivity index (χ1v) is 9.36. The van der Waals surface area contributed by atoms with Crippen LogP contribution in [-0.4, -0.2) is 63.2 Å². The number of hydrogen-bond donors (Lipinski definition) is 3. The van der Waals surface area contributed by atoms with Crippen LogP contribution in [0.25, 0.3) is 5.76 Å². The van der Waals surface area contributed by atoms with Crippen LogP contribution in [0.5, 0.6) is 5.75 Å². The van der Waals surface area contributed by atoms with E-state index in [0.29, 0.717) is 5.56 Å². The summed E-state index contributed by atoms with van der Waals surface area (Å²) in [7, 11) is 0. The summed E-state index contributed by atoms with van der Waals surface area (Å²) >= 11 is 0. The molecule has 162 valence electrons. The third-order valence-electron chi connectivity index (χ3n) is 4.79. The molecule has 1 aliphatic heterocycles. The number of nitro benzene ring substituents is 1. The highest BCUT2D eigenvalue weighted by Gasteiger charge is 2.46. The van der Waals surface area contributed by atoms with E-state index in [2.05, 4.69) is 0 Å². The summed E-state index contributed by atoms with van der Waals surface area (Å²) in [5.74, 6) is -2.36. The summed E-state index contributed by atoms with van der Waals surface area (Å²) in [5.41, 5.74) is 0.129. The number of phenols is 1. The summed E-state index contributed by atoms with van der Waals surface area (Å²) in [6.45, 7) is -0.0964. The van der Waals surface area contributed by atoms with Gasteiger partial charge in [0.1, 0.15) is 11.5 Å². The van der Waals surface area contributed by atoms with E-state index in [4.69, 9.17) is 9.84 Å². The summed E-state index contributed by atoms with van der Waals surface area (Å²) < 4.78 is 5.21. The number of aliphatic hydroxyl groups excluding tert-OH is 2. The van der Waals surface area contributed by atoms with Crippen molar-refractivity contribution in [1.82, 2.24) is 4.90 Å². The zero-order chi connectivity index (χ0) is 22.5. The van der Waals surface area contributed by atoms with Gasteiger partial charge in [-0.25, -0.2) is 0 Å². The highest BCUT2D eigenvalue weighted by molar-refractivity contribution is 6.46. The van der Waals surface area contributed by atoms with Crippen molar-refractivity contribution in [2.75, 3.05) is 26.4 Å². The Kier molecular flexibility index (Phi) is 6.63. The summed E-state index contributed by atoms with van der Waals surface area (Å²) in [5, 5.41) is 40.4. The van der Waals surface area contributed by atoms with E-state index in [9.17, 15) is 29.9 Å². The third kappa shape index (κ3) is 4.55. The van der Waals surface area contributed by atoms with Crippen molar-refractivity contribution < 1.29 is 34.6 Å². The van der Waals surface area contributed by atoms with E-state index >= 15 is 0 Å². The van der Waals surface area contributed by atoms with Crippen LogP contribution < -0.4 is 0 Å². The number of ether oxygens (including phenoxy) is 1. The number of rotatable bonds is 8. The minimum absolute atomic E-state index is 0.00192. The topological polar surface area (TPSA) is 150 Å². The Bertz CT molecular complexity index is 1030. The molecule has 31 heavy (non-hydrogen) atoms. The predicted molar refractivity (Wildman–Crippen MR) is 108 cm³/mol. The van der Waals surface area contributed by atoms with Crippen molar-refractivity contribution in [1.29, 1.82) is 0 Å². The van der Waals surface area contributed by atoms with Gasteiger partial charge in [0.2, 0.25) is 0 Å². The van der Waals surface area contributed by atoms with Crippen molar-refractivity contribution in [3.63, 3.8) is 0 Å². The van der Waals surface area contributed by atoms with Gasteiger partial charge in [-0.05, 0) is 29.8 Å². The van der Waals surface area contributed by atoms with Gasteiger partial charge in [0.25, 0.3) is 17.4 Å². The van der Waals surface area contributed by atoms with Gasteiger partial charge in [-0.1, -0.05) is 12.1 Å². The van der Waals surface area contributed by atoms with Gasteiger partial charge in [-0.3, -0.25) is 19.7 Å². The summed E-state index contributed by atoms with van der Waals surface area (Å²) in [6.07, 6.45) is 0. The standard InChI is InChI=1S/C21H20N2O8/c24-9-11-31-10-8-22-18(14-2-1-3-16(25)12-14)17(20(27)21(22)28)19(26)13-4-6-15(7-5-13)23(29)30/h1-7,12,18,24-26H,8-11H2. The normalized spacial score (nSPS) is 17.8. The molecule has 0 radical (unpaired) electrons. The van der Waals surface area contributed by atoms with E-state index in [1.807, 2.05) is 0 Å². The molecule has 1 aliphatic rings. The van der Waals surface area contributed by atoms with Gasteiger partial charge in [-0.2, -0.15) is 0 Å². The Morgan fingerprint density at radius 1 is 1.13 bits per heavy atom. The number of non-ortho nitro benzene ring substituents is 1. The van der Waals surface area contributed by atoms with Gasteiger partial charge in [-0.15, -0.1) is 0 Å². The number of aromatic hydroxyl groups is 1. The second-order valence-corrected chi connectivity index (χ2v) is 6.73. The zero-order valence-electron chi connectivity index (χ0n) is 16.3. The minimum atomic E-state index is -1.000. The average Bonchev–Trinajstić information content (AvgIpc) is 3.01. The number of nitrogens with zero attached hydrogens (tertiary/aromatic N) is 2. The molecule has 1 fully saturated rings. The molecule has 0 saturated carbocycles. The lowest BCUT2D eigenvalue weighted by molar-refractivity contribution is -0.384. The first-order valence-electron chi connectivity index (χ1n) is 9.36. The van der Waals surface area contributed by atoms with Crippen molar-refractivity contribution in [2.24, 2.45) is 0 Å². The monoisotopic (exact) mass is 428 g/mol. The fraction of sp³-hybridized carbons (Fsp3) is 0.238. The molecule has 0 aliphatic carbocycles. The SMILES string of the molecule is O=C1C(=O)N(CCOCCO)C(c2cccc(O)c2)C1=C(O)c1ccc([N+](=O)[O-])cc1. The molecule has 1 atom stereocenters. The molecule has 1 unspecified atom stereocenters. The lowest BCUT2D eigenvalue weighted by atomic mass is 9.95. The minimum Gasteiger partial charge on any atom is -0.508 e. The summed E-state index contributed by atoms with van der Waals surface area (Å²) in [4.78, 5) is 37.0. The fourth-order valence-electron chi connectivity index (χ4n) is 3.38. The highest BCUT2D eigenvalue weighted by Crippen LogP contribution is 2.40. The van der Waals surface area contributed by atoms with Gasteiger partial charge in [0.05, 0.1) is 36.4 Å². The maximum atomic E-state index is 12.8. The van der Waals surface area contributed by atoms with Crippen LogP contribution in [0.4, 0.5) is 5.69 Å². The van der Waals surface area contributed by atoms with Crippen molar-refractivity contribution in [2.45, 2.75) is 6.04 Å². The van der Waals surface area contributed by atoms with E-state index in [1.54, 1.807) is 12.1 Å². The molecule has 2 aromatic carbocycles. The molecular formula is C21H20N2O8. The molecule has 1 saturated heterocycles. The van der Waals surface area contributed by atoms with Crippen LogP contribution in [-0.2, 0) is 14.3 Å². The molecule has 0 spiro atoms. The number of aliphatic hydroxyl groups is 2. The fourth-order valence-corrected chi connectivity index (χ4v) is 3.38. The van der Waals surface area contributed by atoms with Crippen LogP contribution >= 0.6 is 0 Å². The number of hydrogen-bond acceptors (Lipinski definition) is 8. The molecular weight excluding hydrogens is 408 g/mol. The van der Waals surface area contributed by atoms with Gasteiger partial charge in [0.15, 0.2) is 0 Å². The first kappa shape index (κ1) is 21.9. The van der Waals surface area contributed by atoms with Crippen LogP contribution in [0.2, 0.25) is 0 Å². The van der Waals surface area contributed by atoms with E-state index < -0.39 is 28.4 Å². The van der Waals surface area contributed by atoms with Gasteiger partial charge in [0, 0.05) is 24.2 Å². The lowest BCUT2D eigenvalue weighted by Crippen LogP contribution is -2.33. The quantitative estimate of drug-likeness (QED) is 0.144. The Morgan fingerprint density at radius 2 is 1.84 bits per heavy atom. The van der Waals surface area contributed by atoms with E-state index in [1.165, 1.54) is 41.3 Å². The van der Waals surface area contributed by atoms with Crippen LogP contribution in [0.1, 0.15) is 17.2 Å². The van der Waals surface area contributed by atoms with Crippen molar-refractivity contribution >= 4 is 23.1 Å². The Morgan fingerprint density at radius 3 is 2.45 bits per heavy atom. The molecule has 10 nitrogen and oxygen atoms in total. The number of nitro groups is 1. The maximum absolute atomic E-state index is 12.8. The smallest absolute Gasteiger partial charge is 0.295 e. The highest BCUT2D eigenvalue weighted by atomic mass is 16.6. The Labute approximate surface area is 176 Å². The average molecular weight is 428 g/mol. The molecule has 3 N–H and O–H groups in total. The number of Topliss-reactive ketones (excluding diaryl/α,β-unsaturated/α-hetero) is 1. The second kappa shape index (κ2) is 9.37. The number of ketones is 1. The van der Waals surface area contributed by atoms with Crippen LogP contribution in [0, 0.1) is 10.1 Å². The lowest BCUT2D eigenvalue weighted by Gasteiger charge is -2.25. The molecule has 3 rings (SSSR count). The molecule has 0 bridgehead atoms. The number of benzene rings is 2. The van der Waals surface area contributed by atoms with E-state index in [-0.39, 0.29) is 48.9 Å². The molecule has 0 aromatic heterocycles. The van der Waals surface area contributed by atoms with Crippen molar-refractivity contribution in [3.05, 3.63) is 75.3 Å². The van der Waals surface area contributed by atoms with Crippen LogP contribution in [0.15, 0.2) is 54.1 Å². The summed E-state index contributed by atoms with van der Waals surface area (Å²) in [6, 6.07) is 9.86. The number of carbonyl (C=O) groups is 2. The molecule has 1 amide bonds. The predicted octanol–water partition coefficient (Wildman–Crippen LogP) is 1.73. The maximum Gasteiger partial charge on any atom is 0.295 e. The number of carbonyl (C=O) groups excluding carboxylic acids is 2. The second-order valence-electron chi connectivity index (χ2n) is 6.73. The first-order chi connectivity index (χ1) is 14.8. The molecule has 1 heterocycles. The Balaban J connectivity index is 2.06. The number of phenolic OH excluding ortho intramolecular Hbond substituents is 1. The number of amides is 1. The van der Waals surface area contributed by atoms with Crippen molar-refractivity contribution in [3.8, 4) is 5.75 Å². The van der Waals surface area contributed by atoms with Gasteiger partial charge < -0.3 is 25.0 Å². The zero-order valence-corrected chi connectivity index (χ0v) is 16.3. The number of likely N-dealkylation sites (tertiary alicyclic amines) is 1. The molecule has 2 aromatic rings. The Hall–Kier alpha value is -3.76. The van der Waals surface area contributed by atoms with Gasteiger partial charge >= 0.3 is 0 Å². The van der Waals surface area contributed by atoms with Crippen LogP contribution in [0.3, 0.4) is 0 Å². The molecule has 10 heteroatoms. The van der Waals surface area contributed by atoms with E-state index in [0.717, 1.165) is 0 Å². The third-order valence-corrected chi connectivity index (χ3v) is 4.79. The largest absolute Gasteiger partial charge is 0.508 e.